The average Bonchev–Trinajstić information content (AvgIpc) is 2.70. The van der Waals surface area contributed by atoms with Crippen LogP contribution in [0.4, 0.5) is 0 Å². The first-order valence-electron chi connectivity index (χ1n) is 5.08. The van der Waals surface area contributed by atoms with Crippen LogP contribution in [-0.2, 0) is 0 Å². The zero-order valence-electron chi connectivity index (χ0n) is 8.21. The Balaban J connectivity index is 1.83. The molecule has 0 aromatic carbocycles. The van der Waals surface area contributed by atoms with Crippen LogP contribution in [0.1, 0.15) is 6.42 Å². The molecule has 0 radical (unpaired) electrons. The SMILES string of the molecule is CNCC1CCN(C2=NCCN2)C1. The Bertz CT molecular complexity index is 202. The van der Waals surface area contributed by atoms with Crippen LogP contribution in [-0.4, -0.2) is 50.6 Å². The van der Waals surface area contributed by atoms with Crippen LogP contribution < -0.4 is 10.6 Å². The Hall–Kier alpha value is -0.770. The van der Waals surface area contributed by atoms with Crippen molar-refractivity contribution in [2.45, 2.75) is 6.42 Å². The number of nitrogens with one attached hydrogen (secondary N) is 2. The molecule has 0 aromatic rings. The summed E-state index contributed by atoms with van der Waals surface area (Å²) in [6.45, 7) is 5.42. The van der Waals surface area contributed by atoms with E-state index in [4.69, 9.17) is 0 Å². The van der Waals surface area contributed by atoms with Crippen molar-refractivity contribution in [1.82, 2.24) is 15.5 Å². The van der Waals surface area contributed by atoms with E-state index < -0.39 is 0 Å². The lowest BCUT2D eigenvalue weighted by Gasteiger charge is -2.18. The molecule has 2 rings (SSSR count). The van der Waals surface area contributed by atoms with Crippen molar-refractivity contribution in [2.75, 3.05) is 39.8 Å². The van der Waals surface area contributed by atoms with Gasteiger partial charge in [0.2, 0.25) is 0 Å². The lowest BCUT2D eigenvalue weighted by Crippen LogP contribution is -2.37. The second kappa shape index (κ2) is 3.96. The smallest absolute Gasteiger partial charge is 0.194 e. The van der Waals surface area contributed by atoms with E-state index in [9.17, 15) is 0 Å². The Morgan fingerprint density at radius 2 is 2.62 bits per heavy atom. The van der Waals surface area contributed by atoms with Crippen molar-refractivity contribution >= 4 is 5.96 Å². The molecule has 1 saturated heterocycles. The summed E-state index contributed by atoms with van der Waals surface area (Å²) in [5, 5.41) is 6.55. The molecule has 0 saturated carbocycles. The van der Waals surface area contributed by atoms with Gasteiger partial charge < -0.3 is 15.5 Å². The number of aliphatic imine (C=N–C) groups is 1. The van der Waals surface area contributed by atoms with Gasteiger partial charge in [0.05, 0.1) is 6.54 Å². The van der Waals surface area contributed by atoms with Crippen molar-refractivity contribution in [1.29, 1.82) is 0 Å². The van der Waals surface area contributed by atoms with Crippen LogP contribution in [0.25, 0.3) is 0 Å². The molecular formula is C9H18N4. The van der Waals surface area contributed by atoms with Crippen molar-refractivity contribution in [3.63, 3.8) is 0 Å². The third-order valence-electron chi connectivity index (χ3n) is 2.73. The monoisotopic (exact) mass is 182 g/mol. The molecule has 2 N–H and O–H groups in total. The van der Waals surface area contributed by atoms with Crippen molar-refractivity contribution in [3.05, 3.63) is 0 Å². The normalized spacial score (nSPS) is 27.6. The number of nitrogens with zero attached hydrogens (tertiary/aromatic N) is 2. The Morgan fingerprint density at radius 3 is 3.31 bits per heavy atom. The topological polar surface area (TPSA) is 39.7 Å². The summed E-state index contributed by atoms with van der Waals surface area (Å²) < 4.78 is 0. The number of hydrogen-bond donors (Lipinski definition) is 2. The summed E-state index contributed by atoms with van der Waals surface area (Å²) in [5.74, 6) is 1.92. The zero-order valence-corrected chi connectivity index (χ0v) is 8.21. The van der Waals surface area contributed by atoms with Crippen LogP contribution in [0.2, 0.25) is 0 Å². The van der Waals surface area contributed by atoms with Gasteiger partial charge in [0.15, 0.2) is 5.96 Å². The lowest BCUT2D eigenvalue weighted by atomic mass is 10.1. The van der Waals surface area contributed by atoms with E-state index in [0.717, 1.165) is 44.6 Å². The van der Waals surface area contributed by atoms with Crippen LogP contribution in [0.3, 0.4) is 0 Å². The lowest BCUT2D eigenvalue weighted by molar-refractivity contribution is 0.459. The van der Waals surface area contributed by atoms with Gasteiger partial charge in [-0.25, -0.2) is 0 Å². The highest BCUT2D eigenvalue weighted by molar-refractivity contribution is 5.81. The highest BCUT2D eigenvalue weighted by Gasteiger charge is 2.25. The first-order valence-corrected chi connectivity index (χ1v) is 5.08. The molecule has 2 heterocycles. The average molecular weight is 182 g/mol. The molecule has 13 heavy (non-hydrogen) atoms. The predicted octanol–water partition coefficient (Wildman–Crippen LogP) is -0.513. The Morgan fingerprint density at radius 1 is 1.69 bits per heavy atom. The standard InChI is InChI=1S/C9H18N4/c1-10-6-8-2-5-13(7-8)9-11-3-4-12-9/h8,10H,2-7H2,1H3,(H,11,12). The number of guanidine groups is 1. The first kappa shape index (κ1) is 8.81. The molecular weight excluding hydrogens is 164 g/mol. The second-order valence-corrected chi connectivity index (χ2v) is 3.79. The van der Waals surface area contributed by atoms with Gasteiger partial charge in [0.25, 0.3) is 0 Å². The molecule has 1 fully saturated rings. The summed E-state index contributed by atoms with van der Waals surface area (Å²) in [6, 6.07) is 0. The van der Waals surface area contributed by atoms with E-state index in [0.29, 0.717) is 0 Å². The van der Waals surface area contributed by atoms with E-state index in [1.165, 1.54) is 6.42 Å². The summed E-state index contributed by atoms with van der Waals surface area (Å²) in [6.07, 6.45) is 1.29. The molecule has 1 unspecified atom stereocenters. The molecule has 0 aliphatic carbocycles. The van der Waals surface area contributed by atoms with Crippen LogP contribution in [0, 0.1) is 5.92 Å². The molecule has 0 aromatic heterocycles. The molecule has 0 bridgehead atoms. The maximum absolute atomic E-state index is 4.42. The van der Waals surface area contributed by atoms with Crippen LogP contribution in [0.5, 0.6) is 0 Å². The predicted molar refractivity (Wildman–Crippen MR) is 53.9 cm³/mol. The van der Waals surface area contributed by atoms with E-state index in [2.05, 4.69) is 20.5 Å². The summed E-state index contributed by atoms with van der Waals surface area (Å²) in [4.78, 5) is 6.79. The van der Waals surface area contributed by atoms with E-state index in [-0.39, 0.29) is 0 Å². The molecule has 2 aliphatic rings. The maximum atomic E-state index is 4.42. The van der Waals surface area contributed by atoms with Crippen molar-refractivity contribution in [3.8, 4) is 0 Å². The van der Waals surface area contributed by atoms with Gasteiger partial charge in [-0.15, -0.1) is 0 Å². The van der Waals surface area contributed by atoms with E-state index in [1.54, 1.807) is 0 Å². The van der Waals surface area contributed by atoms with Gasteiger partial charge in [-0.3, -0.25) is 4.99 Å². The Kier molecular flexibility index (Phi) is 2.68. The molecule has 4 nitrogen and oxygen atoms in total. The largest absolute Gasteiger partial charge is 0.354 e. The highest BCUT2D eigenvalue weighted by atomic mass is 15.3. The summed E-state index contributed by atoms with van der Waals surface area (Å²) in [5.41, 5.74) is 0. The summed E-state index contributed by atoms with van der Waals surface area (Å²) in [7, 11) is 2.02. The molecule has 4 heteroatoms. The number of likely N-dealkylation sites (tertiary alicyclic amines) is 1. The number of hydrogen-bond acceptors (Lipinski definition) is 4. The second-order valence-electron chi connectivity index (χ2n) is 3.79. The quantitative estimate of drug-likeness (QED) is 0.604. The molecule has 0 spiro atoms. The Labute approximate surface area is 79.4 Å². The molecule has 0 amide bonds. The summed E-state index contributed by atoms with van der Waals surface area (Å²) >= 11 is 0. The third-order valence-corrected chi connectivity index (χ3v) is 2.73. The number of rotatable bonds is 2. The van der Waals surface area contributed by atoms with Crippen molar-refractivity contribution in [2.24, 2.45) is 10.9 Å². The zero-order chi connectivity index (χ0) is 9.10. The fourth-order valence-electron chi connectivity index (χ4n) is 2.08. The van der Waals surface area contributed by atoms with Crippen LogP contribution >= 0.6 is 0 Å². The van der Waals surface area contributed by atoms with E-state index in [1.807, 2.05) is 7.05 Å². The fourth-order valence-corrected chi connectivity index (χ4v) is 2.08. The van der Waals surface area contributed by atoms with Gasteiger partial charge in [-0.05, 0) is 25.9 Å². The minimum absolute atomic E-state index is 0.801. The van der Waals surface area contributed by atoms with Crippen LogP contribution in [0.15, 0.2) is 4.99 Å². The van der Waals surface area contributed by atoms with Gasteiger partial charge >= 0.3 is 0 Å². The van der Waals surface area contributed by atoms with Gasteiger partial charge in [-0.2, -0.15) is 0 Å². The van der Waals surface area contributed by atoms with Gasteiger partial charge in [-0.1, -0.05) is 0 Å². The van der Waals surface area contributed by atoms with Crippen molar-refractivity contribution < 1.29 is 0 Å². The third kappa shape index (κ3) is 1.94. The maximum Gasteiger partial charge on any atom is 0.194 e. The fraction of sp³-hybridized carbons (Fsp3) is 0.889. The van der Waals surface area contributed by atoms with Gasteiger partial charge in [0, 0.05) is 19.6 Å². The van der Waals surface area contributed by atoms with E-state index >= 15 is 0 Å². The highest BCUT2D eigenvalue weighted by Crippen LogP contribution is 2.15. The molecule has 74 valence electrons. The minimum Gasteiger partial charge on any atom is -0.354 e. The minimum atomic E-state index is 0.801. The molecule has 1 atom stereocenters. The first-order chi connectivity index (χ1) is 6.40. The molecule has 2 aliphatic heterocycles. The van der Waals surface area contributed by atoms with Gasteiger partial charge in [0.1, 0.15) is 0 Å².